The lowest BCUT2D eigenvalue weighted by atomic mass is 10.2. The third-order valence-corrected chi connectivity index (χ3v) is 3.82. The summed E-state index contributed by atoms with van der Waals surface area (Å²) in [4.78, 5) is 18.4. The van der Waals surface area contributed by atoms with Crippen molar-refractivity contribution in [1.82, 2.24) is 9.97 Å². The van der Waals surface area contributed by atoms with Crippen LogP contribution in [0.1, 0.15) is 19.4 Å². The maximum absolute atomic E-state index is 5.48. The molecule has 4 rings (SSSR count). The SMILES string of the molecule is CCN1c2ccccc2N2C(=NOC2C)c2cncnc21. The van der Waals surface area contributed by atoms with Crippen molar-refractivity contribution in [2.75, 3.05) is 16.3 Å². The molecular weight excluding hydrogens is 266 g/mol. The number of rotatable bonds is 1. The normalized spacial score (nSPS) is 19.1. The fourth-order valence-electron chi connectivity index (χ4n) is 2.90. The van der Waals surface area contributed by atoms with Gasteiger partial charge < -0.3 is 9.74 Å². The second-order valence-corrected chi connectivity index (χ2v) is 4.98. The molecule has 1 unspecified atom stereocenters. The first-order valence-electron chi connectivity index (χ1n) is 7.01. The van der Waals surface area contributed by atoms with Crippen molar-refractivity contribution in [3.63, 3.8) is 0 Å². The van der Waals surface area contributed by atoms with Gasteiger partial charge in [-0.2, -0.15) is 0 Å². The summed E-state index contributed by atoms with van der Waals surface area (Å²) in [6.45, 7) is 4.91. The molecule has 0 N–H and O–H groups in total. The molecule has 0 radical (unpaired) electrons. The van der Waals surface area contributed by atoms with Crippen LogP contribution in [0.5, 0.6) is 0 Å². The van der Waals surface area contributed by atoms with Gasteiger partial charge in [-0.3, -0.25) is 4.90 Å². The van der Waals surface area contributed by atoms with E-state index in [1.54, 1.807) is 12.5 Å². The van der Waals surface area contributed by atoms with Crippen LogP contribution >= 0.6 is 0 Å². The second kappa shape index (κ2) is 4.44. The number of fused-ring (bicyclic) bond motifs is 5. The van der Waals surface area contributed by atoms with Gasteiger partial charge in [0.15, 0.2) is 5.84 Å². The number of anilines is 3. The van der Waals surface area contributed by atoms with E-state index < -0.39 is 0 Å². The Labute approximate surface area is 122 Å². The van der Waals surface area contributed by atoms with Gasteiger partial charge in [-0.1, -0.05) is 17.3 Å². The zero-order chi connectivity index (χ0) is 14.4. The maximum Gasteiger partial charge on any atom is 0.202 e. The molecule has 2 aliphatic rings. The fourth-order valence-corrected chi connectivity index (χ4v) is 2.90. The zero-order valence-electron chi connectivity index (χ0n) is 11.9. The Hall–Kier alpha value is -2.63. The van der Waals surface area contributed by atoms with Gasteiger partial charge in [0.05, 0.1) is 16.9 Å². The molecule has 0 spiro atoms. The first kappa shape index (κ1) is 12.1. The molecule has 0 amide bonds. The quantitative estimate of drug-likeness (QED) is 0.804. The van der Waals surface area contributed by atoms with Crippen LogP contribution in [0.15, 0.2) is 41.9 Å². The smallest absolute Gasteiger partial charge is 0.202 e. The minimum Gasteiger partial charge on any atom is -0.368 e. The van der Waals surface area contributed by atoms with Crippen molar-refractivity contribution < 1.29 is 4.84 Å². The zero-order valence-corrected chi connectivity index (χ0v) is 11.9. The van der Waals surface area contributed by atoms with E-state index in [4.69, 9.17) is 4.84 Å². The molecule has 0 aliphatic carbocycles. The van der Waals surface area contributed by atoms with Crippen LogP contribution in [-0.4, -0.2) is 28.6 Å². The van der Waals surface area contributed by atoms with E-state index in [0.29, 0.717) is 0 Å². The predicted octanol–water partition coefficient (Wildman–Crippen LogP) is 2.49. The molecule has 0 bridgehead atoms. The summed E-state index contributed by atoms with van der Waals surface area (Å²) in [5.74, 6) is 1.63. The van der Waals surface area contributed by atoms with Gasteiger partial charge in [0, 0.05) is 12.7 Å². The number of para-hydroxylation sites is 2. The third-order valence-electron chi connectivity index (χ3n) is 3.82. The van der Waals surface area contributed by atoms with Crippen LogP contribution in [0.3, 0.4) is 0 Å². The minimum absolute atomic E-state index is 0.147. The first-order chi connectivity index (χ1) is 10.3. The van der Waals surface area contributed by atoms with Crippen molar-refractivity contribution in [2.45, 2.75) is 20.1 Å². The fraction of sp³-hybridized carbons (Fsp3) is 0.267. The summed E-state index contributed by atoms with van der Waals surface area (Å²) in [6, 6.07) is 8.24. The van der Waals surface area contributed by atoms with Crippen LogP contribution in [0.4, 0.5) is 17.2 Å². The monoisotopic (exact) mass is 281 g/mol. The molecule has 6 heteroatoms. The van der Waals surface area contributed by atoms with Gasteiger partial charge in [-0.05, 0) is 26.0 Å². The molecule has 3 heterocycles. The van der Waals surface area contributed by atoms with Gasteiger partial charge in [-0.25, -0.2) is 9.97 Å². The van der Waals surface area contributed by atoms with Gasteiger partial charge >= 0.3 is 0 Å². The molecule has 0 fully saturated rings. The van der Waals surface area contributed by atoms with Crippen molar-refractivity contribution >= 4 is 23.0 Å². The summed E-state index contributed by atoms with van der Waals surface area (Å²) in [6.07, 6.45) is 3.22. The van der Waals surface area contributed by atoms with Crippen molar-refractivity contribution in [3.8, 4) is 0 Å². The van der Waals surface area contributed by atoms with Gasteiger partial charge in [0.25, 0.3) is 0 Å². The van der Waals surface area contributed by atoms with Gasteiger partial charge in [0.2, 0.25) is 6.23 Å². The van der Waals surface area contributed by atoms with E-state index in [1.165, 1.54) is 0 Å². The number of hydrogen-bond acceptors (Lipinski definition) is 6. The number of amidine groups is 1. The van der Waals surface area contributed by atoms with E-state index in [0.717, 1.165) is 35.1 Å². The first-order valence-corrected chi connectivity index (χ1v) is 7.01. The second-order valence-electron chi connectivity index (χ2n) is 4.98. The Morgan fingerprint density at radius 2 is 2.05 bits per heavy atom. The average molecular weight is 281 g/mol. The molecule has 1 aromatic heterocycles. The Bertz CT molecular complexity index is 730. The molecule has 2 aliphatic heterocycles. The third kappa shape index (κ3) is 1.62. The van der Waals surface area contributed by atoms with Crippen molar-refractivity contribution in [1.29, 1.82) is 0 Å². The maximum atomic E-state index is 5.48. The average Bonchev–Trinajstić information content (AvgIpc) is 2.85. The molecule has 1 atom stereocenters. The van der Waals surface area contributed by atoms with E-state index in [-0.39, 0.29) is 6.23 Å². The number of benzene rings is 1. The summed E-state index contributed by atoms with van der Waals surface area (Å²) in [5.41, 5.74) is 3.06. The van der Waals surface area contributed by atoms with Gasteiger partial charge in [0.1, 0.15) is 12.1 Å². The summed E-state index contributed by atoms with van der Waals surface area (Å²) in [5, 5.41) is 4.24. The van der Waals surface area contributed by atoms with Gasteiger partial charge in [-0.15, -0.1) is 0 Å². The van der Waals surface area contributed by atoms with Crippen LogP contribution in [0.25, 0.3) is 0 Å². The number of nitrogens with zero attached hydrogens (tertiary/aromatic N) is 5. The lowest BCUT2D eigenvalue weighted by Gasteiger charge is -2.26. The minimum atomic E-state index is -0.147. The summed E-state index contributed by atoms with van der Waals surface area (Å²) >= 11 is 0. The molecule has 6 nitrogen and oxygen atoms in total. The Morgan fingerprint density at radius 1 is 1.24 bits per heavy atom. The topological polar surface area (TPSA) is 53.9 Å². The Balaban J connectivity index is 2.05. The largest absolute Gasteiger partial charge is 0.368 e. The van der Waals surface area contributed by atoms with E-state index >= 15 is 0 Å². The van der Waals surface area contributed by atoms with Crippen molar-refractivity contribution in [2.24, 2.45) is 5.16 Å². The molecular formula is C15H15N5O. The van der Waals surface area contributed by atoms with Crippen molar-refractivity contribution in [3.05, 3.63) is 42.4 Å². The molecule has 0 saturated carbocycles. The number of oxime groups is 1. The standard InChI is InChI=1S/C15H15N5O/c1-3-19-12-6-4-5-7-13(12)20-10(2)21-18-15(20)11-8-16-9-17-14(11)19/h4-10H,3H2,1-2H3. The summed E-state index contributed by atoms with van der Waals surface area (Å²) in [7, 11) is 0. The highest BCUT2D eigenvalue weighted by atomic mass is 16.7. The van der Waals surface area contributed by atoms with Crippen LogP contribution in [0.2, 0.25) is 0 Å². The highest BCUT2D eigenvalue weighted by Crippen LogP contribution is 2.41. The highest BCUT2D eigenvalue weighted by Gasteiger charge is 2.37. The molecule has 2 aromatic rings. The van der Waals surface area contributed by atoms with Crippen LogP contribution in [0, 0.1) is 0 Å². The van der Waals surface area contributed by atoms with E-state index in [9.17, 15) is 0 Å². The lowest BCUT2D eigenvalue weighted by molar-refractivity contribution is 0.101. The van der Waals surface area contributed by atoms with E-state index in [1.807, 2.05) is 19.1 Å². The molecule has 0 saturated heterocycles. The molecule has 106 valence electrons. The number of hydrogen-bond donors (Lipinski definition) is 0. The van der Waals surface area contributed by atoms with Crippen LogP contribution < -0.4 is 9.80 Å². The van der Waals surface area contributed by atoms with Crippen LogP contribution in [-0.2, 0) is 4.84 Å². The molecule has 1 aromatic carbocycles. The molecule has 21 heavy (non-hydrogen) atoms. The number of aromatic nitrogens is 2. The Kier molecular flexibility index (Phi) is 2.57. The Morgan fingerprint density at radius 3 is 2.86 bits per heavy atom. The lowest BCUT2D eigenvalue weighted by Crippen LogP contribution is -2.34. The summed E-state index contributed by atoms with van der Waals surface area (Å²) < 4.78 is 0. The highest BCUT2D eigenvalue weighted by molar-refractivity contribution is 6.16. The van der Waals surface area contributed by atoms with E-state index in [2.05, 4.69) is 44.0 Å². The predicted molar refractivity (Wildman–Crippen MR) is 80.7 cm³/mol.